The highest BCUT2D eigenvalue weighted by Crippen LogP contribution is 2.20. The number of aryl methyl sites for hydroxylation is 1. The normalized spacial score (nSPS) is 10.9. The van der Waals surface area contributed by atoms with Gasteiger partial charge in [0.15, 0.2) is 0 Å². The molecule has 0 heterocycles. The van der Waals surface area contributed by atoms with Crippen LogP contribution in [-0.4, -0.2) is 25.5 Å². The van der Waals surface area contributed by atoms with Crippen molar-refractivity contribution in [2.75, 3.05) is 20.6 Å². The van der Waals surface area contributed by atoms with E-state index in [4.69, 9.17) is 0 Å². The van der Waals surface area contributed by atoms with E-state index in [9.17, 15) is 4.39 Å². The zero-order valence-electron chi connectivity index (χ0n) is 11.6. The van der Waals surface area contributed by atoms with Gasteiger partial charge in [0.05, 0.1) is 0 Å². The highest BCUT2D eigenvalue weighted by atomic mass is 19.1. The van der Waals surface area contributed by atoms with Gasteiger partial charge in [-0.05, 0) is 62.3 Å². The van der Waals surface area contributed by atoms with Gasteiger partial charge in [0.2, 0.25) is 0 Å². The lowest BCUT2D eigenvalue weighted by atomic mass is 10.0. The molecule has 100 valence electrons. The van der Waals surface area contributed by atoms with Crippen LogP contribution in [0.2, 0.25) is 0 Å². The molecule has 0 saturated heterocycles. The van der Waals surface area contributed by atoms with Crippen molar-refractivity contribution in [2.24, 2.45) is 0 Å². The molecule has 0 aromatic heterocycles. The molecule has 2 aromatic rings. The molecular weight excluding hydrogens is 237 g/mol. The third-order valence-corrected chi connectivity index (χ3v) is 3.18. The Morgan fingerprint density at radius 1 is 0.947 bits per heavy atom. The van der Waals surface area contributed by atoms with Crippen molar-refractivity contribution in [1.82, 2.24) is 4.90 Å². The molecule has 19 heavy (non-hydrogen) atoms. The van der Waals surface area contributed by atoms with Crippen molar-refractivity contribution >= 4 is 0 Å². The Hall–Kier alpha value is -1.67. The number of halogens is 1. The summed E-state index contributed by atoms with van der Waals surface area (Å²) in [6.07, 6.45) is 2.24. The predicted molar refractivity (Wildman–Crippen MR) is 78.7 cm³/mol. The number of benzene rings is 2. The van der Waals surface area contributed by atoms with Gasteiger partial charge in [-0.25, -0.2) is 4.39 Å². The monoisotopic (exact) mass is 257 g/mol. The van der Waals surface area contributed by atoms with E-state index in [1.807, 2.05) is 6.07 Å². The molecular formula is C17H20FN. The Balaban J connectivity index is 2.02. The first-order chi connectivity index (χ1) is 9.15. The molecule has 0 aliphatic rings. The smallest absolute Gasteiger partial charge is 0.123 e. The fourth-order valence-corrected chi connectivity index (χ4v) is 2.13. The molecule has 2 rings (SSSR count). The lowest BCUT2D eigenvalue weighted by molar-refractivity contribution is 0.400. The molecule has 0 fully saturated rings. The van der Waals surface area contributed by atoms with Crippen molar-refractivity contribution in [3.8, 4) is 11.1 Å². The third-order valence-electron chi connectivity index (χ3n) is 3.18. The maximum atomic E-state index is 13.2. The van der Waals surface area contributed by atoms with Crippen molar-refractivity contribution in [2.45, 2.75) is 12.8 Å². The highest BCUT2D eigenvalue weighted by molar-refractivity contribution is 5.63. The zero-order valence-corrected chi connectivity index (χ0v) is 11.6. The zero-order chi connectivity index (χ0) is 13.7. The fraction of sp³-hybridized carbons (Fsp3) is 0.294. The number of nitrogens with zero attached hydrogens (tertiary/aromatic N) is 1. The Labute approximate surface area is 114 Å². The first-order valence-electron chi connectivity index (χ1n) is 6.65. The second kappa shape index (κ2) is 6.48. The first-order valence-corrected chi connectivity index (χ1v) is 6.65. The van der Waals surface area contributed by atoms with Crippen LogP contribution in [0.3, 0.4) is 0 Å². The molecule has 0 saturated carbocycles. The molecule has 1 nitrogen and oxygen atoms in total. The van der Waals surface area contributed by atoms with Crippen LogP contribution in [0.1, 0.15) is 12.0 Å². The van der Waals surface area contributed by atoms with Crippen LogP contribution in [-0.2, 0) is 6.42 Å². The van der Waals surface area contributed by atoms with Crippen molar-refractivity contribution < 1.29 is 4.39 Å². The first kappa shape index (κ1) is 13.8. The fourth-order valence-electron chi connectivity index (χ4n) is 2.13. The Kier molecular flexibility index (Phi) is 4.69. The second-order valence-electron chi connectivity index (χ2n) is 5.11. The largest absolute Gasteiger partial charge is 0.309 e. The Morgan fingerprint density at radius 3 is 2.32 bits per heavy atom. The van der Waals surface area contributed by atoms with Gasteiger partial charge in [0.1, 0.15) is 5.82 Å². The molecule has 0 unspecified atom stereocenters. The minimum Gasteiger partial charge on any atom is -0.309 e. The summed E-state index contributed by atoms with van der Waals surface area (Å²) in [7, 11) is 4.18. The van der Waals surface area contributed by atoms with E-state index in [2.05, 4.69) is 43.3 Å². The average molecular weight is 257 g/mol. The quantitative estimate of drug-likeness (QED) is 0.783. The van der Waals surface area contributed by atoms with Crippen LogP contribution in [0.15, 0.2) is 48.5 Å². The Bertz CT molecular complexity index is 517. The van der Waals surface area contributed by atoms with E-state index in [0.717, 1.165) is 30.5 Å². The summed E-state index contributed by atoms with van der Waals surface area (Å²) in [6.45, 7) is 1.10. The van der Waals surface area contributed by atoms with Crippen LogP contribution in [0.4, 0.5) is 4.39 Å². The average Bonchev–Trinajstić information content (AvgIpc) is 2.39. The molecule has 0 aliphatic heterocycles. The molecule has 0 aliphatic carbocycles. The van der Waals surface area contributed by atoms with Gasteiger partial charge in [-0.15, -0.1) is 0 Å². The van der Waals surface area contributed by atoms with Gasteiger partial charge in [-0.1, -0.05) is 36.4 Å². The number of hydrogen-bond acceptors (Lipinski definition) is 1. The summed E-state index contributed by atoms with van der Waals surface area (Å²) in [4.78, 5) is 2.20. The lowest BCUT2D eigenvalue weighted by Gasteiger charge is -2.09. The third kappa shape index (κ3) is 4.18. The van der Waals surface area contributed by atoms with Gasteiger partial charge >= 0.3 is 0 Å². The van der Waals surface area contributed by atoms with E-state index in [1.165, 1.54) is 11.6 Å². The molecule has 0 atom stereocenters. The van der Waals surface area contributed by atoms with E-state index in [1.54, 1.807) is 12.1 Å². The summed E-state index contributed by atoms with van der Waals surface area (Å²) in [5.74, 6) is -0.187. The van der Waals surface area contributed by atoms with Crippen LogP contribution >= 0.6 is 0 Å². The van der Waals surface area contributed by atoms with Crippen LogP contribution < -0.4 is 0 Å². The Morgan fingerprint density at radius 2 is 1.68 bits per heavy atom. The molecule has 0 radical (unpaired) electrons. The molecule has 0 bridgehead atoms. The highest BCUT2D eigenvalue weighted by Gasteiger charge is 2.00. The summed E-state index contributed by atoms with van der Waals surface area (Å²) < 4.78 is 13.2. The molecule has 2 heteroatoms. The topological polar surface area (TPSA) is 3.24 Å². The summed E-state index contributed by atoms with van der Waals surface area (Å²) in [5.41, 5.74) is 3.33. The van der Waals surface area contributed by atoms with Crippen molar-refractivity contribution in [1.29, 1.82) is 0 Å². The van der Waals surface area contributed by atoms with Crippen LogP contribution in [0, 0.1) is 5.82 Å². The second-order valence-corrected chi connectivity index (χ2v) is 5.11. The summed E-state index contributed by atoms with van der Waals surface area (Å²) >= 11 is 0. The van der Waals surface area contributed by atoms with Gasteiger partial charge < -0.3 is 4.90 Å². The van der Waals surface area contributed by atoms with Gasteiger partial charge in [-0.2, -0.15) is 0 Å². The molecule has 0 N–H and O–H groups in total. The van der Waals surface area contributed by atoms with Crippen LogP contribution in [0.5, 0.6) is 0 Å². The summed E-state index contributed by atoms with van der Waals surface area (Å²) in [6, 6.07) is 15.1. The lowest BCUT2D eigenvalue weighted by Crippen LogP contribution is -2.13. The van der Waals surface area contributed by atoms with Crippen LogP contribution in [0.25, 0.3) is 11.1 Å². The van der Waals surface area contributed by atoms with E-state index >= 15 is 0 Å². The van der Waals surface area contributed by atoms with Crippen molar-refractivity contribution in [3.63, 3.8) is 0 Å². The predicted octanol–water partition coefficient (Wildman–Crippen LogP) is 3.99. The standard InChI is InChI=1S/C17H20FN/c1-19(2)12-4-5-14-8-10-15(11-9-14)16-6-3-7-17(18)13-16/h3,6-11,13H,4-5,12H2,1-2H3. The van der Waals surface area contributed by atoms with Crippen molar-refractivity contribution in [3.05, 3.63) is 59.9 Å². The maximum absolute atomic E-state index is 13.2. The van der Waals surface area contributed by atoms with Gasteiger partial charge in [0, 0.05) is 0 Å². The van der Waals surface area contributed by atoms with E-state index in [0.29, 0.717) is 0 Å². The minimum absolute atomic E-state index is 0.187. The minimum atomic E-state index is -0.187. The SMILES string of the molecule is CN(C)CCCc1ccc(-c2cccc(F)c2)cc1. The summed E-state index contributed by atoms with van der Waals surface area (Å²) in [5, 5.41) is 0. The maximum Gasteiger partial charge on any atom is 0.123 e. The molecule has 2 aromatic carbocycles. The number of rotatable bonds is 5. The van der Waals surface area contributed by atoms with E-state index in [-0.39, 0.29) is 5.82 Å². The van der Waals surface area contributed by atoms with E-state index < -0.39 is 0 Å². The van der Waals surface area contributed by atoms with Gasteiger partial charge in [0.25, 0.3) is 0 Å². The van der Waals surface area contributed by atoms with Gasteiger partial charge in [-0.3, -0.25) is 0 Å². The molecule has 0 spiro atoms. The molecule has 0 amide bonds. The number of hydrogen-bond donors (Lipinski definition) is 0.